The molecular formula is C11H14ClN7O. The Morgan fingerprint density at radius 3 is 2.50 bits per heavy atom. The molecule has 0 unspecified atom stereocenters. The molecule has 0 aliphatic rings. The van der Waals surface area contributed by atoms with Crippen LogP contribution in [0.5, 0.6) is 0 Å². The van der Waals surface area contributed by atoms with E-state index in [0.717, 1.165) is 0 Å². The average Bonchev–Trinajstić information content (AvgIpc) is 2.86. The largest absolute Gasteiger partial charge is 0.347 e. The molecule has 2 aromatic heterocycles. The lowest BCUT2D eigenvalue weighted by Crippen LogP contribution is -2.22. The van der Waals surface area contributed by atoms with Crippen molar-refractivity contribution in [1.29, 1.82) is 0 Å². The highest BCUT2D eigenvalue weighted by atomic mass is 35.5. The summed E-state index contributed by atoms with van der Waals surface area (Å²) in [6.45, 7) is 0. The highest BCUT2D eigenvalue weighted by molar-refractivity contribution is 6.28. The minimum atomic E-state index is -0.197. The van der Waals surface area contributed by atoms with Gasteiger partial charge < -0.3 is 9.80 Å². The average molecular weight is 296 g/mol. The number of anilines is 1. The van der Waals surface area contributed by atoms with Crippen LogP contribution in [-0.2, 0) is 0 Å². The molecule has 8 nitrogen and oxygen atoms in total. The van der Waals surface area contributed by atoms with E-state index in [0.29, 0.717) is 11.6 Å². The van der Waals surface area contributed by atoms with Crippen LogP contribution >= 0.6 is 11.6 Å². The molecule has 106 valence electrons. The van der Waals surface area contributed by atoms with Gasteiger partial charge in [-0.25, -0.2) is 4.68 Å². The minimum absolute atomic E-state index is 0.0645. The minimum Gasteiger partial charge on any atom is -0.347 e. The van der Waals surface area contributed by atoms with Gasteiger partial charge in [0, 0.05) is 34.4 Å². The van der Waals surface area contributed by atoms with Gasteiger partial charge in [0.05, 0.1) is 0 Å². The maximum Gasteiger partial charge on any atom is 0.273 e. The first-order valence-electron chi connectivity index (χ1n) is 5.75. The van der Waals surface area contributed by atoms with Gasteiger partial charge in [-0.3, -0.25) is 4.79 Å². The van der Waals surface area contributed by atoms with Crippen molar-refractivity contribution >= 4 is 23.5 Å². The van der Waals surface area contributed by atoms with Gasteiger partial charge in [0.15, 0.2) is 5.69 Å². The molecule has 1 amide bonds. The second-order valence-electron chi connectivity index (χ2n) is 4.44. The normalized spacial score (nSPS) is 10.4. The zero-order valence-corrected chi connectivity index (χ0v) is 12.3. The Balaban J connectivity index is 2.40. The number of rotatable bonds is 3. The van der Waals surface area contributed by atoms with Crippen LogP contribution in [0, 0.1) is 0 Å². The van der Waals surface area contributed by atoms with Crippen LogP contribution < -0.4 is 4.90 Å². The van der Waals surface area contributed by atoms with Crippen molar-refractivity contribution in [3.05, 3.63) is 23.2 Å². The fraction of sp³-hybridized carbons (Fsp3) is 0.364. The lowest BCUT2D eigenvalue weighted by molar-refractivity contribution is 0.0821. The standard InChI is InChI=1S/C11H14ClN7O/c1-17(2)8(20)7-5-6-19(16-7)11-14-9(12)13-10(15-11)18(3)4/h5-6H,1-4H3. The highest BCUT2D eigenvalue weighted by Gasteiger charge is 2.14. The summed E-state index contributed by atoms with van der Waals surface area (Å²) in [7, 11) is 6.90. The van der Waals surface area contributed by atoms with E-state index >= 15 is 0 Å². The third-order valence-corrected chi connectivity index (χ3v) is 2.57. The number of hydrogen-bond donors (Lipinski definition) is 0. The Hall–Kier alpha value is -2.22. The van der Waals surface area contributed by atoms with Gasteiger partial charge in [-0.05, 0) is 17.7 Å². The Labute approximate surface area is 121 Å². The predicted molar refractivity (Wildman–Crippen MR) is 74.3 cm³/mol. The van der Waals surface area contributed by atoms with E-state index in [9.17, 15) is 4.79 Å². The van der Waals surface area contributed by atoms with Gasteiger partial charge in [-0.2, -0.15) is 20.1 Å². The number of hydrogen-bond acceptors (Lipinski definition) is 6. The van der Waals surface area contributed by atoms with Gasteiger partial charge in [-0.15, -0.1) is 0 Å². The number of aromatic nitrogens is 5. The van der Waals surface area contributed by atoms with Gasteiger partial charge >= 0.3 is 0 Å². The number of carbonyl (C=O) groups is 1. The van der Waals surface area contributed by atoms with Crippen molar-refractivity contribution in [3.63, 3.8) is 0 Å². The summed E-state index contributed by atoms with van der Waals surface area (Å²) >= 11 is 5.86. The molecule has 2 heterocycles. The molecule has 0 spiro atoms. The molecule has 0 aliphatic carbocycles. The zero-order valence-electron chi connectivity index (χ0n) is 11.6. The molecule has 0 bridgehead atoms. The van der Waals surface area contributed by atoms with Crippen molar-refractivity contribution < 1.29 is 4.79 Å². The summed E-state index contributed by atoms with van der Waals surface area (Å²) in [6, 6.07) is 1.59. The molecule has 0 saturated carbocycles. The molecule has 0 N–H and O–H groups in total. The third kappa shape index (κ3) is 2.85. The van der Waals surface area contributed by atoms with E-state index in [2.05, 4.69) is 20.1 Å². The van der Waals surface area contributed by atoms with Crippen molar-refractivity contribution in [2.45, 2.75) is 0 Å². The molecule has 0 fully saturated rings. The number of carbonyl (C=O) groups excluding carboxylic acids is 1. The topological polar surface area (TPSA) is 80.0 Å². The first kappa shape index (κ1) is 14.2. The van der Waals surface area contributed by atoms with Gasteiger partial charge in [-0.1, -0.05) is 0 Å². The monoisotopic (exact) mass is 295 g/mol. The Bertz CT molecular complexity index is 637. The molecular weight excluding hydrogens is 282 g/mol. The molecule has 0 aliphatic heterocycles. The predicted octanol–water partition coefficient (Wildman–Crippen LogP) is 0.478. The molecule has 0 radical (unpaired) electrons. The molecule has 9 heteroatoms. The molecule has 2 aromatic rings. The quantitative estimate of drug-likeness (QED) is 0.819. The van der Waals surface area contributed by atoms with E-state index in [1.165, 1.54) is 9.58 Å². The van der Waals surface area contributed by atoms with E-state index in [1.807, 2.05) is 0 Å². The summed E-state index contributed by atoms with van der Waals surface area (Å²) in [4.78, 5) is 27.1. The fourth-order valence-corrected chi connectivity index (χ4v) is 1.56. The number of halogens is 1. The van der Waals surface area contributed by atoms with Crippen LogP contribution in [-0.4, -0.2) is 63.7 Å². The summed E-state index contributed by atoms with van der Waals surface area (Å²) in [5.41, 5.74) is 0.304. The second kappa shape index (κ2) is 5.41. The van der Waals surface area contributed by atoms with Crippen LogP contribution in [0.15, 0.2) is 12.3 Å². The van der Waals surface area contributed by atoms with Crippen LogP contribution in [0.1, 0.15) is 10.5 Å². The van der Waals surface area contributed by atoms with E-state index in [-0.39, 0.29) is 17.1 Å². The second-order valence-corrected chi connectivity index (χ2v) is 4.78. The Morgan fingerprint density at radius 2 is 1.90 bits per heavy atom. The Kier molecular flexibility index (Phi) is 3.84. The van der Waals surface area contributed by atoms with Crippen molar-refractivity contribution in [2.24, 2.45) is 0 Å². The van der Waals surface area contributed by atoms with Crippen molar-refractivity contribution in [3.8, 4) is 5.95 Å². The SMILES string of the molecule is CN(C)C(=O)c1ccn(-c2nc(Cl)nc(N(C)C)n2)n1. The molecule has 20 heavy (non-hydrogen) atoms. The first-order chi connectivity index (χ1) is 9.38. The first-order valence-corrected chi connectivity index (χ1v) is 6.13. The van der Waals surface area contributed by atoms with E-state index in [4.69, 9.17) is 11.6 Å². The third-order valence-electron chi connectivity index (χ3n) is 2.40. The lowest BCUT2D eigenvalue weighted by Gasteiger charge is -2.10. The molecule has 0 aromatic carbocycles. The van der Waals surface area contributed by atoms with Gasteiger partial charge in [0.25, 0.3) is 11.9 Å². The van der Waals surface area contributed by atoms with Gasteiger partial charge in [0.1, 0.15) is 0 Å². The zero-order chi connectivity index (χ0) is 14.9. The smallest absolute Gasteiger partial charge is 0.273 e. The summed E-state index contributed by atoms with van der Waals surface area (Å²) in [5, 5.41) is 4.20. The van der Waals surface area contributed by atoms with Crippen LogP contribution in [0.2, 0.25) is 5.28 Å². The van der Waals surface area contributed by atoms with Crippen molar-refractivity contribution in [1.82, 2.24) is 29.6 Å². The lowest BCUT2D eigenvalue weighted by atomic mass is 10.4. The fourth-order valence-electron chi connectivity index (χ4n) is 1.41. The summed E-state index contributed by atoms with van der Waals surface area (Å²) in [5.74, 6) is 0.472. The maximum atomic E-state index is 11.8. The number of nitrogens with zero attached hydrogens (tertiary/aromatic N) is 7. The van der Waals surface area contributed by atoms with Gasteiger partial charge in [0.2, 0.25) is 11.2 Å². The molecule has 0 atom stereocenters. The summed E-state index contributed by atoms with van der Waals surface area (Å²) < 4.78 is 1.39. The highest BCUT2D eigenvalue weighted by Crippen LogP contribution is 2.11. The van der Waals surface area contributed by atoms with Crippen molar-refractivity contribution in [2.75, 3.05) is 33.1 Å². The van der Waals surface area contributed by atoms with Crippen LogP contribution in [0.25, 0.3) is 5.95 Å². The van der Waals surface area contributed by atoms with E-state index < -0.39 is 0 Å². The Morgan fingerprint density at radius 1 is 1.20 bits per heavy atom. The van der Waals surface area contributed by atoms with Crippen LogP contribution in [0.4, 0.5) is 5.95 Å². The number of amides is 1. The molecule has 2 rings (SSSR count). The van der Waals surface area contributed by atoms with Crippen LogP contribution in [0.3, 0.4) is 0 Å². The van der Waals surface area contributed by atoms with E-state index in [1.54, 1.807) is 45.4 Å². The maximum absolute atomic E-state index is 11.8. The summed E-state index contributed by atoms with van der Waals surface area (Å²) in [6.07, 6.45) is 1.60. The molecule has 0 saturated heterocycles.